The van der Waals surface area contributed by atoms with Crippen LogP contribution in [-0.4, -0.2) is 28.8 Å². The Hall–Kier alpha value is -1.71. The van der Waals surface area contributed by atoms with Gasteiger partial charge in [0.25, 0.3) is 0 Å². The predicted octanol–water partition coefficient (Wildman–Crippen LogP) is 2.15. The number of carboxylic acid groups (broad SMARTS) is 1. The van der Waals surface area contributed by atoms with Crippen molar-refractivity contribution < 1.29 is 9.90 Å². The third-order valence-electron chi connectivity index (χ3n) is 2.09. The summed E-state index contributed by atoms with van der Waals surface area (Å²) < 4.78 is 0. The van der Waals surface area contributed by atoms with Crippen LogP contribution >= 0.6 is 0 Å². The number of carbonyl (C=O) groups is 1. The van der Waals surface area contributed by atoms with E-state index >= 15 is 0 Å². The number of nitrogens with zero attached hydrogens (tertiary/aromatic N) is 2. The van der Waals surface area contributed by atoms with Gasteiger partial charge in [0.15, 0.2) is 0 Å². The molecule has 0 saturated carbocycles. The van der Waals surface area contributed by atoms with E-state index in [1.54, 1.807) is 12.4 Å². The molecule has 16 heavy (non-hydrogen) atoms. The smallest absolute Gasteiger partial charge is 0.303 e. The van der Waals surface area contributed by atoms with Crippen molar-refractivity contribution in [3.63, 3.8) is 0 Å². The number of rotatable bonds is 7. The SMILES string of the molecule is O=C(O)CCCCC/N=C/c1ccccn1. The number of aliphatic carboxylic acids is 1. The van der Waals surface area contributed by atoms with Crippen molar-refractivity contribution in [3.8, 4) is 0 Å². The van der Waals surface area contributed by atoms with E-state index in [2.05, 4.69) is 9.98 Å². The maximum atomic E-state index is 10.2. The van der Waals surface area contributed by atoms with Crippen molar-refractivity contribution in [2.45, 2.75) is 25.7 Å². The van der Waals surface area contributed by atoms with Gasteiger partial charge in [-0.1, -0.05) is 12.5 Å². The van der Waals surface area contributed by atoms with E-state index in [0.29, 0.717) is 0 Å². The van der Waals surface area contributed by atoms with Gasteiger partial charge in [0.05, 0.1) is 5.69 Å². The molecule has 1 aromatic heterocycles. The molecule has 1 rings (SSSR count). The molecule has 0 aliphatic heterocycles. The molecule has 1 aromatic rings. The summed E-state index contributed by atoms with van der Waals surface area (Å²) in [6, 6.07) is 5.68. The lowest BCUT2D eigenvalue weighted by Gasteiger charge is -1.95. The van der Waals surface area contributed by atoms with Gasteiger partial charge < -0.3 is 5.11 Å². The first-order chi connectivity index (χ1) is 7.79. The number of aromatic nitrogens is 1. The fraction of sp³-hybridized carbons (Fsp3) is 0.417. The average Bonchev–Trinajstić information content (AvgIpc) is 2.29. The first-order valence-electron chi connectivity index (χ1n) is 5.41. The quantitative estimate of drug-likeness (QED) is 0.565. The normalized spacial score (nSPS) is 10.8. The van der Waals surface area contributed by atoms with Gasteiger partial charge in [0.2, 0.25) is 0 Å². The van der Waals surface area contributed by atoms with E-state index in [1.807, 2.05) is 18.2 Å². The summed E-state index contributed by atoms with van der Waals surface area (Å²) in [5, 5.41) is 8.43. The standard InChI is InChI=1S/C12H16N2O2/c15-12(16)7-2-1-4-8-13-10-11-6-3-5-9-14-11/h3,5-6,9-10H,1-2,4,7-8H2,(H,15,16)/b13-10+. The Morgan fingerprint density at radius 2 is 2.25 bits per heavy atom. The predicted molar refractivity (Wildman–Crippen MR) is 62.8 cm³/mol. The van der Waals surface area contributed by atoms with E-state index in [4.69, 9.17) is 5.11 Å². The van der Waals surface area contributed by atoms with Crippen LogP contribution in [0.15, 0.2) is 29.4 Å². The van der Waals surface area contributed by atoms with Gasteiger partial charge in [0.1, 0.15) is 0 Å². The Morgan fingerprint density at radius 3 is 2.94 bits per heavy atom. The molecule has 0 aromatic carbocycles. The van der Waals surface area contributed by atoms with Gasteiger partial charge in [-0.25, -0.2) is 0 Å². The number of hydrogen-bond acceptors (Lipinski definition) is 3. The van der Waals surface area contributed by atoms with E-state index in [9.17, 15) is 4.79 Å². The molecule has 0 fully saturated rings. The van der Waals surface area contributed by atoms with E-state index in [-0.39, 0.29) is 6.42 Å². The molecular weight excluding hydrogens is 204 g/mol. The lowest BCUT2D eigenvalue weighted by Crippen LogP contribution is -1.94. The van der Waals surface area contributed by atoms with Crippen LogP contribution in [0.2, 0.25) is 0 Å². The third kappa shape index (κ3) is 5.90. The molecule has 1 heterocycles. The lowest BCUT2D eigenvalue weighted by atomic mass is 10.2. The van der Waals surface area contributed by atoms with Crippen LogP contribution in [0, 0.1) is 0 Å². The number of pyridine rings is 1. The number of hydrogen-bond donors (Lipinski definition) is 1. The van der Waals surface area contributed by atoms with Crippen molar-refractivity contribution in [2.75, 3.05) is 6.54 Å². The van der Waals surface area contributed by atoms with Crippen LogP contribution in [0.4, 0.5) is 0 Å². The van der Waals surface area contributed by atoms with Crippen LogP contribution in [0.25, 0.3) is 0 Å². The molecule has 1 N–H and O–H groups in total. The molecule has 86 valence electrons. The summed E-state index contributed by atoms with van der Waals surface area (Å²) in [5.41, 5.74) is 0.855. The van der Waals surface area contributed by atoms with Crippen LogP contribution in [-0.2, 0) is 4.79 Å². The van der Waals surface area contributed by atoms with E-state index in [0.717, 1.165) is 31.5 Å². The molecule has 4 heteroatoms. The van der Waals surface area contributed by atoms with Gasteiger partial charge in [-0.2, -0.15) is 0 Å². The summed E-state index contributed by atoms with van der Waals surface area (Å²) in [6.45, 7) is 0.732. The van der Waals surface area contributed by atoms with Crippen molar-refractivity contribution in [2.24, 2.45) is 4.99 Å². The molecule has 0 spiro atoms. The summed E-state index contributed by atoms with van der Waals surface area (Å²) >= 11 is 0. The summed E-state index contributed by atoms with van der Waals surface area (Å²) in [6.07, 6.45) is 6.30. The van der Waals surface area contributed by atoms with Gasteiger partial charge in [0, 0.05) is 25.4 Å². The highest BCUT2D eigenvalue weighted by Crippen LogP contribution is 1.99. The van der Waals surface area contributed by atoms with E-state index < -0.39 is 5.97 Å². The number of aliphatic imine (C=N–C) groups is 1. The fourth-order valence-electron chi connectivity index (χ4n) is 1.27. The minimum atomic E-state index is -0.725. The van der Waals surface area contributed by atoms with Crippen LogP contribution in [0.1, 0.15) is 31.4 Å². The van der Waals surface area contributed by atoms with Crippen molar-refractivity contribution in [1.82, 2.24) is 4.98 Å². The Kier molecular flexibility index (Phi) is 5.84. The summed E-state index contributed by atoms with van der Waals surface area (Å²) in [4.78, 5) is 18.6. The number of unbranched alkanes of at least 4 members (excludes halogenated alkanes) is 2. The van der Waals surface area contributed by atoms with Gasteiger partial charge >= 0.3 is 5.97 Å². The Morgan fingerprint density at radius 1 is 1.38 bits per heavy atom. The third-order valence-corrected chi connectivity index (χ3v) is 2.09. The zero-order valence-corrected chi connectivity index (χ0v) is 9.17. The molecule has 0 saturated heterocycles. The summed E-state index contributed by atoms with van der Waals surface area (Å²) in [7, 11) is 0. The first kappa shape index (κ1) is 12.4. The van der Waals surface area contributed by atoms with Crippen molar-refractivity contribution >= 4 is 12.2 Å². The van der Waals surface area contributed by atoms with E-state index in [1.165, 1.54) is 0 Å². The van der Waals surface area contributed by atoms with Gasteiger partial charge in [-0.3, -0.25) is 14.8 Å². The van der Waals surface area contributed by atoms with Crippen molar-refractivity contribution in [3.05, 3.63) is 30.1 Å². The van der Waals surface area contributed by atoms with Gasteiger partial charge in [-0.05, 0) is 25.0 Å². The minimum Gasteiger partial charge on any atom is -0.481 e. The van der Waals surface area contributed by atoms with Crippen LogP contribution in [0.3, 0.4) is 0 Å². The molecule has 4 nitrogen and oxygen atoms in total. The first-order valence-corrected chi connectivity index (χ1v) is 5.41. The van der Waals surface area contributed by atoms with Gasteiger partial charge in [-0.15, -0.1) is 0 Å². The number of carboxylic acids is 1. The lowest BCUT2D eigenvalue weighted by molar-refractivity contribution is -0.137. The molecule has 0 atom stereocenters. The Balaban J connectivity index is 2.07. The zero-order chi connectivity index (χ0) is 11.6. The molecule has 0 bridgehead atoms. The highest BCUT2D eigenvalue weighted by molar-refractivity contribution is 5.76. The maximum Gasteiger partial charge on any atom is 0.303 e. The molecule has 0 unspecified atom stereocenters. The average molecular weight is 220 g/mol. The largest absolute Gasteiger partial charge is 0.481 e. The molecule has 0 radical (unpaired) electrons. The Labute approximate surface area is 95.1 Å². The molecule has 0 aliphatic rings. The highest BCUT2D eigenvalue weighted by Gasteiger charge is 1.95. The topological polar surface area (TPSA) is 62.5 Å². The van der Waals surface area contributed by atoms with Crippen LogP contribution in [0.5, 0.6) is 0 Å². The molecular formula is C12H16N2O2. The minimum absolute atomic E-state index is 0.254. The second kappa shape index (κ2) is 7.56. The molecule has 0 amide bonds. The second-order valence-corrected chi connectivity index (χ2v) is 3.49. The fourth-order valence-corrected chi connectivity index (χ4v) is 1.27. The maximum absolute atomic E-state index is 10.2. The summed E-state index contributed by atoms with van der Waals surface area (Å²) in [5.74, 6) is -0.725. The van der Waals surface area contributed by atoms with Crippen molar-refractivity contribution in [1.29, 1.82) is 0 Å². The zero-order valence-electron chi connectivity index (χ0n) is 9.17. The monoisotopic (exact) mass is 220 g/mol. The second-order valence-electron chi connectivity index (χ2n) is 3.49. The molecule has 0 aliphatic carbocycles. The van der Waals surface area contributed by atoms with Crippen LogP contribution < -0.4 is 0 Å². The highest BCUT2D eigenvalue weighted by atomic mass is 16.4. The Bertz CT molecular complexity index is 336.